The summed E-state index contributed by atoms with van der Waals surface area (Å²) in [7, 11) is 0. The molecule has 0 radical (unpaired) electrons. The highest BCUT2D eigenvalue weighted by Gasteiger charge is 2.55. The van der Waals surface area contributed by atoms with Gasteiger partial charge in [-0.25, -0.2) is 9.59 Å². The summed E-state index contributed by atoms with van der Waals surface area (Å²) in [5, 5.41) is 11.8. The topological polar surface area (TPSA) is 164 Å². The van der Waals surface area contributed by atoms with Gasteiger partial charge in [0, 0.05) is 20.8 Å². The largest absolute Gasteiger partial charge is 0.480 e. The maximum absolute atomic E-state index is 12.2. The molecule has 1 aliphatic heterocycles. The van der Waals surface area contributed by atoms with Crippen LogP contribution in [-0.2, 0) is 49.5 Å². The lowest BCUT2D eigenvalue weighted by atomic mass is 10.0. The molecule has 0 aromatic heterocycles. The average molecular weight is 453 g/mol. The molecule has 5 atom stereocenters. The Morgan fingerprint density at radius 1 is 0.938 bits per heavy atom. The fourth-order valence-corrected chi connectivity index (χ4v) is 2.99. The van der Waals surface area contributed by atoms with Gasteiger partial charge in [0.2, 0.25) is 12.4 Å². The molecule has 1 amide bonds. The van der Waals surface area contributed by atoms with Crippen molar-refractivity contribution in [1.82, 2.24) is 5.32 Å². The van der Waals surface area contributed by atoms with E-state index in [1.54, 1.807) is 30.3 Å². The highest BCUT2D eigenvalue weighted by atomic mass is 16.7. The van der Waals surface area contributed by atoms with Crippen molar-refractivity contribution in [1.29, 1.82) is 0 Å². The molecule has 12 heteroatoms. The molecule has 1 aliphatic rings. The van der Waals surface area contributed by atoms with E-state index in [1.165, 1.54) is 0 Å². The number of rotatable bonds is 8. The summed E-state index contributed by atoms with van der Waals surface area (Å²) in [5.41, 5.74) is 0.661. The van der Waals surface area contributed by atoms with E-state index in [0.29, 0.717) is 5.56 Å². The van der Waals surface area contributed by atoms with Crippen LogP contribution in [-0.4, -0.2) is 65.7 Å². The van der Waals surface area contributed by atoms with E-state index < -0.39 is 60.6 Å². The van der Waals surface area contributed by atoms with Crippen LogP contribution in [0.1, 0.15) is 26.3 Å². The minimum Gasteiger partial charge on any atom is -0.480 e. The van der Waals surface area contributed by atoms with Gasteiger partial charge in [0.05, 0.1) is 0 Å². The minimum atomic E-state index is -1.80. The third kappa shape index (κ3) is 6.94. The summed E-state index contributed by atoms with van der Waals surface area (Å²) < 4.78 is 25.6. The fourth-order valence-electron chi connectivity index (χ4n) is 2.99. The van der Waals surface area contributed by atoms with Crippen LogP contribution < -0.4 is 5.32 Å². The van der Waals surface area contributed by atoms with E-state index in [-0.39, 0.29) is 6.61 Å². The van der Waals surface area contributed by atoms with Crippen molar-refractivity contribution in [3.05, 3.63) is 35.9 Å². The number of hydrogen-bond donors (Lipinski definition) is 2. The summed E-state index contributed by atoms with van der Waals surface area (Å²) in [6, 6.07) is 6.84. The summed E-state index contributed by atoms with van der Waals surface area (Å²) in [4.78, 5) is 58.6. The number of hydrogen-bond acceptors (Lipinski definition) is 10. The van der Waals surface area contributed by atoms with Gasteiger partial charge in [-0.15, -0.1) is 0 Å². The number of amides is 1. The first kappa shape index (κ1) is 24.6. The van der Waals surface area contributed by atoms with Gasteiger partial charge in [-0.2, -0.15) is 0 Å². The molecule has 0 unspecified atom stereocenters. The molecular weight excluding hydrogens is 430 g/mol. The molecule has 174 valence electrons. The Balaban J connectivity index is 2.22. The average Bonchev–Trinajstić information content (AvgIpc) is 3.00. The SMILES string of the molecule is CC(=O)O[C@@H]1O[C@H]([C@H](NC(=O)OCc2ccccc2)C(=O)O)[C@@H](OC(C)=O)[C@H]1OC(C)=O. The molecular formula is C20H23NO11. The van der Waals surface area contributed by atoms with Crippen LogP contribution in [0.4, 0.5) is 4.79 Å². The number of alkyl carbamates (subject to hydrolysis) is 1. The summed E-state index contributed by atoms with van der Waals surface area (Å²) >= 11 is 0. The van der Waals surface area contributed by atoms with Crippen molar-refractivity contribution in [2.45, 2.75) is 58.0 Å². The predicted molar refractivity (Wildman–Crippen MR) is 103 cm³/mol. The Bertz CT molecular complexity index is 856. The van der Waals surface area contributed by atoms with Crippen molar-refractivity contribution in [2.75, 3.05) is 0 Å². The van der Waals surface area contributed by atoms with Gasteiger partial charge in [-0.1, -0.05) is 30.3 Å². The van der Waals surface area contributed by atoms with Crippen LogP contribution >= 0.6 is 0 Å². The van der Waals surface area contributed by atoms with Gasteiger partial charge in [-0.05, 0) is 5.56 Å². The zero-order chi connectivity index (χ0) is 23.8. The fraction of sp³-hybridized carbons (Fsp3) is 0.450. The van der Waals surface area contributed by atoms with Crippen LogP contribution in [0.15, 0.2) is 30.3 Å². The number of ether oxygens (including phenoxy) is 5. The molecule has 1 fully saturated rings. The maximum Gasteiger partial charge on any atom is 0.408 e. The van der Waals surface area contributed by atoms with Gasteiger partial charge in [0.15, 0.2) is 12.1 Å². The first-order chi connectivity index (χ1) is 15.1. The second-order valence-electron chi connectivity index (χ2n) is 6.75. The number of carbonyl (C=O) groups is 5. The molecule has 1 aromatic carbocycles. The monoisotopic (exact) mass is 453 g/mol. The maximum atomic E-state index is 12.2. The highest BCUT2D eigenvalue weighted by Crippen LogP contribution is 2.30. The lowest BCUT2D eigenvalue weighted by Crippen LogP contribution is -2.54. The number of esters is 3. The molecule has 1 saturated heterocycles. The first-order valence-electron chi connectivity index (χ1n) is 9.45. The van der Waals surface area contributed by atoms with Gasteiger partial charge >= 0.3 is 30.0 Å². The molecule has 2 N–H and O–H groups in total. The lowest BCUT2D eigenvalue weighted by Gasteiger charge is -2.26. The zero-order valence-electron chi connectivity index (χ0n) is 17.5. The van der Waals surface area contributed by atoms with Crippen LogP contribution in [0.5, 0.6) is 0 Å². The smallest absolute Gasteiger partial charge is 0.408 e. The van der Waals surface area contributed by atoms with Crippen molar-refractivity contribution >= 4 is 30.0 Å². The van der Waals surface area contributed by atoms with Crippen LogP contribution in [0.2, 0.25) is 0 Å². The van der Waals surface area contributed by atoms with E-state index in [2.05, 4.69) is 5.32 Å². The number of carbonyl (C=O) groups excluding carboxylic acids is 4. The quantitative estimate of drug-likeness (QED) is 0.416. The molecule has 1 aromatic rings. The molecule has 0 bridgehead atoms. The van der Waals surface area contributed by atoms with Crippen molar-refractivity contribution < 1.29 is 52.8 Å². The Kier molecular flexibility index (Phi) is 8.53. The molecule has 0 spiro atoms. The van der Waals surface area contributed by atoms with E-state index in [4.69, 9.17) is 23.7 Å². The second-order valence-corrected chi connectivity index (χ2v) is 6.75. The van der Waals surface area contributed by atoms with Gasteiger partial charge < -0.3 is 34.1 Å². The number of aliphatic carboxylic acids is 1. The Morgan fingerprint density at radius 2 is 1.50 bits per heavy atom. The highest BCUT2D eigenvalue weighted by molar-refractivity contribution is 5.81. The van der Waals surface area contributed by atoms with Crippen molar-refractivity contribution in [3.63, 3.8) is 0 Å². The van der Waals surface area contributed by atoms with E-state index >= 15 is 0 Å². The number of carboxylic acids is 1. The zero-order valence-corrected chi connectivity index (χ0v) is 17.5. The van der Waals surface area contributed by atoms with Crippen LogP contribution in [0, 0.1) is 0 Å². The van der Waals surface area contributed by atoms with Gasteiger partial charge in [0.25, 0.3) is 0 Å². The summed E-state index contributed by atoms with van der Waals surface area (Å²) in [5.74, 6) is -4.05. The number of benzene rings is 1. The van der Waals surface area contributed by atoms with E-state index in [9.17, 15) is 29.1 Å². The third-order valence-electron chi connectivity index (χ3n) is 4.17. The number of carboxylic acid groups (broad SMARTS) is 1. The second kappa shape index (κ2) is 11.1. The lowest BCUT2D eigenvalue weighted by molar-refractivity contribution is -0.196. The Labute approximate surface area is 182 Å². The molecule has 0 aliphatic carbocycles. The third-order valence-corrected chi connectivity index (χ3v) is 4.17. The van der Waals surface area contributed by atoms with E-state index in [0.717, 1.165) is 20.8 Å². The standard InChI is InChI=1S/C20H23NO11/c1-10(22)29-16-15(32-19(31-12(3)24)17(16)30-11(2)23)14(18(25)26)21-20(27)28-9-13-7-5-4-6-8-13/h4-8,14-17,19H,9H2,1-3H3,(H,21,27)(H,25,26)/t14-,15+,16+,17+,19+/m0/s1. The first-order valence-corrected chi connectivity index (χ1v) is 9.45. The Morgan fingerprint density at radius 3 is 2.03 bits per heavy atom. The van der Waals surface area contributed by atoms with E-state index in [1.807, 2.05) is 0 Å². The van der Waals surface area contributed by atoms with Crippen LogP contribution in [0.25, 0.3) is 0 Å². The Hall–Kier alpha value is -3.67. The normalized spacial score (nSPS) is 22.8. The molecule has 12 nitrogen and oxygen atoms in total. The van der Waals surface area contributed by atoms with Crippen LogP contribution in [0.3, 0.4) is 0 Å². The van der Waals surface area contributed by atoms with Gasteiger partial charge in [0.1, 0.15) is 12.7 Å². The molecule has 2 rings (SSSR count). The van der Waals surface area contributed by atoms with Crippen molar-refractivity contribution in [3.8, 4) is 0 Å². The van der Waals surface area contributed by atoms with Crippen molar-refractivity contribution in [2.24, 2.45) is 0 Å². The summed E-state index contributed by atoms with van der Waals surface area (Å²) in [6.45, 7) is 3.01. The molecule has 32 heavy (non-hydrogen) atoms. The molecule has 1 heterocycles. The number of nitrogens with one attached hydrogen (secondary N) is 1. The predicted octanol–water partition coefficient (Wildman–Crippen LogP) is 0.517. The van der Waals surface area contributed by atoms with Gasteiger partial charge in [-0.3, -0.25) is 14.4 Å². The summed E-state index contributed by atoms with van der Waals surface area (Å²) in [6.07, 6.45) is -7.21. The molecule has 0 saturated carbocycles. The minimum absolute atomic E-state index is 0.135.